The van der Waals surface area contributed by atoms with Crippen molar-refractivity contribution in [2.75, 3.05) is 26.2 Å². The van der Waals surface area contributed by atoms with E-state index in [1.54, 1.807) is 6.07 Å². The number of halogens is 3. The summed E-state index contributed by atoms with van der Waals surface area (Å²) < 4.78 is 44.1. The molecule has 2 unspecified atom stereocenters. The highest BCUT2D eigenvalue weighted by atomic mass is 19.4. The van der Waals surface area contributed by atoms with E-state index < -0.39 is 17.8 Å². The zero-order valence-corrected chi connectivity index (χ0v) is 11.9. The number of hydrogen-bond acceptors (Lipinski definition) is 4. The standard InChI is InChI=1S/C14H20F3N3O/c1-2-20-6-7-21-12(9-20)13(19-18)10-4-3-5-11(8-10)14(15,16)17/h3-5,8,12-13,19H,2,6-7,9,18H2,1H3. The number of hydrogen-bond donors (Lipinski definition) is 2. The summed E-state index contributed by atoms with van der Waals surface area (Å²) in [6.07, 6.45) is -4.63. The third-order valence-corrected chi connectivity index (χ3v) is 3.75. The predicted molar refractivity (Wildman–Crippen MR) is 73.4 cm³/mol. The van der Waals surface area contributed by atoms with Gasteiger partial charge in [-0.25, -0.2) is 0 Å². The molecule has 1 aliphatic heterocycles. The minimum Gasteiger partial charge on any atom is -0.374 e. The Labute approximate surface area is 122 Å². The molecule has 0 bridgehead atoms. The van der Waals surface area contributed by atoms with Gasteiger partial charge in [-0.3, -0.25) is 16.2 Å². The van der Waals surface area contributed by atoms with Gasteiger partial charge in [0.15, 0.2) is 0 Å². The molecule has 1 saturated heterocycles. The molecule has 0 radical (unpaired) electrons. The monoisotopic (exact) mass is 303 g/mol. The van der Waals surface area contributed by atoms with Gasteiger partial charge in [0, 0.05) is 13.1 Å². The van der Waals surface area contributed by atoms with E-state index >= 15 is 0 Å². The number of rotatable bonds is 4. The first-order valence-corrected chi connectivity index (χ1v) is 6.93. The van der Waals surface area contributed by atoms with Crippen molar-refractivity contribution in [2.24, 2.45) is 5.84 Å². The zero-order valence-electron chi connectivity index (χ0n) is 11.9. The molecule has 0 spiro atoms. The van der Waals surface area contributed by atoms with Crippen molar-refractivity contribution in [3.05, 3.63) is 35.4 Å². The van der Waals surface area contributed by atoms with E-state index in [1.807, 2.05) is 6.92 Å². The van der Waals surface area contributed by atoms with Gasteiger partial charge in [0.05, 0.1) is 24.3 Å². The van der Waals surface area contributed by atoms with Gasteiger partial charge in [-0.15, -0.1) is 0 Å². The zero-order chi connectivity index (χ0) is 15.5. The molecule has 3 N–H and O–H groups in total. The topological polar surface area (TPSA) is 50.5 Å². The maximum Gasteiger partial charge on any atom is 0.416 e. The number of hydrazine groups is 1. The fourth-order valence-corrected chi connectivity index (χ4v) is 2.55. The number of ether oxygens (including phenoxy) is 1. The lowest BCUT2D eigenvalue weighted by Crippen LogP contribution is -2.49. The van der Waals surface area contributed by atoms with Crippen LogP contribution in [0.25, 0.3) is 0 Å². The van der Waals surface area contributed by atoms with Gasteiger partial charge in [-0.1, -0.05) is 19.1 Å². The Hall–Kier alpha value is -1.15. The Kier molecular flexibility index (Phi) is 5.21. The fraction of sp³-hybridized carbons (Fsp3) is 0.571. The summed E-state index contributed by atoms with van der Waals surface area (Å²) in [5.41, 5.74) is 2.40. The minimum atomic E-state index is -4.36. The van der Waals surface area contributed by atoms with Crippen LogP contribution in [0, 0.1) is 0 Å². The van der Waals surface area contributed by atoms with Crippen LogP contribution in [0.1, 0.15) is 24.1 Å². The largest absolute Gasteiger partial charge is 0.416 e. The molecule has 0 saturated carbocycles. The van der Waals surface area contributed by atoms with E-state index in [1.165, 1.54) is 6.07 Å². The molecule has 1 heterocycles. The summed E-state index contributed by atoms with van der Waals surface area (Å²) in [6.45, 7) is 4.93. The lowest BCUT2D eigenvalue weighted by molar-refractivity contribution is -0.137. The average Bonchev–Trinajstić information content (AvgIpc) is 2.48. The maximum atomic E-state index is 12.8. The normalized spacial score (nSPS) is 22.2. The van der Waals surface area contributed by atoms with Crippen LogP contribution >= 0.6 is 0 Å². The van der Waals surface area contributed by atoms with Crippen LogP contribution in [0.2, 0.25) is 0 Å². The van der Waals surface area contributed by atoms with Gasteiger partial charge in [-0.05, 0) is 24.2 Å². The van der Waals surface area contributed by atoms with Crippen LogP contribution < -0.4 is 11.3 Å². The Morgan fingerprint density at radius 2 is 2.24 bits per heavy atom. The number of benzene rings is 1. The molecular formula is C14H20F3N3O. The molecule has 1 fully saturated rings. The molecule has 0 aromatic heterocycles. The SMILES string of the molecule is CCN1CCOC(C(NN)c2cccc(C(F)(F)F)c2)C1. The molecule has 21 heavy (non-hydrogen) atoms. The molecule has 0 aliphatic carbocycles. The lowest BCUT2D eigenvalue weighted by Gasteiger charge is -2.36. The van der Waals surface area contributed by atoms with E-state index in [-0.39, 0.29) is 6.10 Å². The molecule has 1 aromatic carbocycles. The number of morpholine rings is 1. The highest BCUT2D eigenvalue weighted by molar-refractivity contribution is 5.28. The maximum absolute atomic E-state index is 12.8. The Morgan fingerprint density at radius 3 is 2.86 bits per heavy atom. The van der Waals surface area contributed by atoms with Gasteiger partial charge in [0.1, 0.15) is 0 Å². The number of likely N-dealkylation sites (N-methyl/N-ethyl adjacent to an activating group) is 1. The lowest BCUT2D eigenvalue weighted by atomic mass is 9.98. The molecule has 4 nitrogen and oxygen atoms in total. The summed E-state index contributed by atoms with van der Waals surface area (Å²) in [5.74, 6) is 5.55. The first kappa shape index (κ1) is 16.2. The number of nitrogens with two attached hydrogens (primary N) is 1. The van der Waals surface area contributed by atoms with Crippen LogP contribution in [0.3, 0.4) is 0 Å². The second-order valence-electron chi connectivity index (χ2n) is 5.07. The Bertz CT molecular complexity index is 467. The van der Waals surface area contributed by atoms with Gasteiger partial charge in [-0.2, -0.15) is 13.2 Å². The predicted octanol–water partition coefficient (Wildman–Crippen LogP) is 1.93. The van der Waals surface area contributed by atoms with E-state index in [9.17, 15) is 13.2 Å². The summed E-state index contributed by atoms with van der Waals surface area (Å²) in [4.78, 5) is 2.19. The van der Waals surface area contributed by atoms with Crippen LogP contribution in [0.15, 0.2) is 24.3 Å². The molecule has 2 rings (SSSR count). The third kappa shape index (κ3) is 3.94. The summed E-state index contributed by atoms with van der Waals surface area (Å²) >= 11 is 0. The molecule has 7 heteroatoms. The van der Waals surface area contributed by atoms with Gasteiger partial charge in [0.25, 0.3) is 0 Å². The van der Waals surface area contributed by atoms with E-state index in [0.717, 1.165) is 25.2 Å². The third-order valence-electron chi connectivity index (χ3n) is 3.75. The number of nitrogens with one attached hydrogen (secondary N) is 1. The molecular weight excluding hydrogens is 283 g/mol. The minimum absolute atomic E-state index is 0.271. The second-order valence-corrected chi connectivity index (χ2v) is 5.07. The highest BCUT2D eigenvalue weighted by Crippen LogP contribution is 2.31. The number of nitrogens with zero attached hydrogens (tertiary/aromatic N) is 1. The summed E-state index contributed by atoms with van der Waals surface area (Å²) in [6, 6.07) is 4.73. The molecule has 118 valence electrons. The summed E-state index contributed by atoms with van der Waals surface area (Å²) in [7, 11) is 0. The van der Waals surface area contributed by atoms with Crippen molar-refractivity contribution < 1.29 is 17.9 Å². The van der Waals surface area contributed by atoms with E-state index in [4.69, 9.17) is 10.6 Å². The van der Waals surface area contributed by atoms with Crippen molar-refractivity contribution in [1.82, 2.24) is 10.3 Å². The Morgan fingerprint density at radius 1 is 1.48 bits per heavy atom. The van der Waals surface area contributed by atoms with Crippen LogP contribution in [0.4, 0.5) is 13.2 Å². The van der Waals surface area contributed by atoms with E-state index in [0.29, 0.717) is 18.7 Å². The quantitative estimate of drug-likeness (QED) is 0.659. The van der Waals surface area contributed by atoms with Crippen LogP contribution in [-0.2, 0) is 10.9 Å². The molecule has 1 aliphatic rings. The first-order chi connectivity index (χ1) is 9.95. The highest BCUT2D eigenvalue weighted by Gasteiger charge is 2.33. The Balaban J connectivity index is 2.21. The van der Waals surface area contributed by atoms with Crippen molar-refractivity contribution in [3.8, 4) is 0 Å². The smallest absolute Gasteiger partial charge is 0.374 e. The van der Waals surface area contributed by atoms with Crippen molar-refractivity contribution in [2.45, 2.75) is 25.2 Å². The second kappa shape index (κ2) is 6.74. The summed E-state index contributed by atoms with van der Waals surface area (Å²) in [5, 5.41) is 0. The van der Waals surface area contributed by atoms with Crippen molar-refractivity contribution >= 4 is 0 Å². The van der Waals surface area contributed by atoms with E-state index in [2.05, 4.69) is 10.3 Å². The van der Waals surface area contributed by atoms with Gasteiger partial charge in [0.2, 0.25) is 0 Å². The van der Waals surface area contributed by atoms with Crippen molar-refractivity contribution in [3.63, 3.8) is 0 Å². The van der Waals surface area contributed by atoms with Crippen LogP contribution in [0.5, 0.6) is 0 Å². The molecule has 1 aromatic rings. The molecule has 2 atom stereocenters. The average molecular weight is 303 g/mol. The fourth-order valence-electron chi connectivity index (χ4n) is 2.55. The van der Waals surface area contributed by atoms with Crippen molar-refractivity contribution in [1.29, 1.82) is 0 Å². The van der Waals surface area contributed by atoms with Gasteiger partial charge < -0.3 is 4.74 Å². The first-order valence-electron chi connectivity index (χ1n) is 6.93. The number of alkyl halides is 3. The van der Waals surface area contributed by atoms with Gasteiger partial charge >= 0.3 is 6.18 Å². The van der Waals surface area contributed by atoms with Crippen LogP contribution in [-0.4, -0.2) is 37.2 Å². The molecule has 0 amide bonds.